The number of amides is 2. The Kier molecular flexibility index (Phi) is 7.88. The van der Waals surface area contributed by atoms with Gasteiger partial charge in [-0.25, -0.2) is 24.6 Å². The summed E-state index contributed by atoms with van der Waals surface area (Å²) in [7, 11) is 1.86. The van der Waals surface area contributed by atoms with Gasteiger partial charge in [0.2, 0.25) is 5.95 Å². The molecule has 2 N–H and O–H groups in total. The number of aromatic nitrogens is 5. The summed E-state index contributed by atoms with van der Waals surface area (Å²) in [6.45, 7) is 1.02. The fourth-order valence-electron chi connectivity index (χ4n) is 5.28. The summed E-state index contributed by atoms with van der Waals surface area (Å²) in [5.41, 5.74) is 8.01. The van der Waals surface area contributed by atoms with E-state index in [9.17, 15) is 10.1 Å². The van der Waals surface area contributed by atoms with Gasteiger partial charge in [-0.2, -0.15) is 10.4 Å². The zero-order valence-corrected chi connectivity index (χ0v) is 25.4. The number of hydrogen-bond donors (Lipinski definition) is 2. The predicted molar refractivity (Wildman–Crippen MR) is 180 cm³/mol. The first-order chi connectivity index (χ1) is 23.0. The second kappa shape index (κ2) is 12.7. The minimum Gasteiger partial charge on any atom is -0.333 e. The first kappa shape index (κ1) is 29.1. The zero-order valence-electron chi connectivity index (χ0n) is 25.4. The number of carbonyl (C=O) groups is 1. The van der Waals surface area contributed by atoms with Gasteiger partial charge in [0.1, 0.15) is 11.9 Å². The van der Waals surface area contributed by atoms with Crippen LogP contribution < -0.4 is 15.5 Å². The molecule has 0 aliphatic carbocycles. The number of urea groups is 1. The molecular formula is C36H28N10O. The third-order valence-electron chi connectivity index (χ3n) is 7.71. The monoisotopic (exact) mass is 616 g/mol. The Morgan fingerprint density at radius 2 is 1.77 bits per heavy atom. The first-order valence-electron chi connectivity index (χ1n) is 14.9. The van der Waals surface area contributed by atoms with Crippen LogP contribution in [-0.2, 0) is 20.1 Å². The Balaban J connectivity index is 1.14. The van der Waals surface area contributed by atoms with Gasteiger partial charge in [0.25, 0.3) is 0 Å². The van der Waals surface area contributed by atoms with Crippen molar-refractivity contribution in [3.05, 3.63) is 132 Å². The number of carbonyl (C=O) groups excluding carboxylic acids is 1. The average Bonchev–Trinajstić information content (AvgIpc) is 3.77. The van der Waals surface area contributed by atoms with Gasteiger partial charge >= 0.3 is 6.03 Å². The zero-order chi connectivity index (χ0) is 32.2. The van der Waals surface area contributed by atoms with Crippen LogP contribution >= 0.6 is 0 Å². The molecule has 0 saturated heterocycles. The van der Waals surface area contributed by atoms with Crippen molar-refractivity contribution in [1.82, 2.24) is 30.0 Å². The summed E-state index contributed by atoms with van der Waals surface area (Å²) in [4.78, 5) is 33.2. The smallest absolute Gasteiger partial charge is 0.327 e. The fourth-order valence-corrected chi connectivity index (χ4v) is 5.28. The van der Waals surface area contributed by atoms with Gasteiger partial charge in [0.15, 0.2) is 0 Å². The molecule has 0 saturated carbocycles. The number of aliphatic imine (C=N–C) groups is 1. The van der Waals surface area contributed by atoms with Crippen LogP contribution in [0.25, 0.3) is 22.4 Å². The van der Waals surface area contributed by atoms with Crippen molar-refractivity contribution in [1.29, 1.82) is 5.26 Å². The molecule has 3 aromatic carbocycles. The third kappa shape index (κ3) is 6.29. The maximum Gasteiger partial charge on any atom is 0.327 e. The quantitative estimate of drug-likeness (QED) is 0.198. The lowest BCUT2D eigenvalue weighted by Crippen LogP contribution is -2.37. The topological polar surface area (TPSA) is 137 Å². The molecule has 0 radical (unpaired) electrons. The molecule has 0 spiro atoms. The number of fused-ring (bicyclic) bond motifs is 1. The van der Waals surface area contributed by atoms with E-state index < -0.39 is 0 Å². The van der Waals surface area contributed by atoms with Gasteiger partial charge in [-0.05, 0) is 59.2 Å². The van der Waals surface area contributed by atoms with Crippen LogP contribution in [0.2, 0.25) is 0 Å². The van der Waals surface area contributed by atoms with Gasteiger partial charge in [-0.3, -0.25) is 9.67 Å². The Labute approximate surface area is 270 Å². The van der Waals surface area contributed by atoms with Crippen molar-refractivity contribution in [3.8, 4) is 28.5 Å². The highest BCUT2D eigenvalue weighted by molar-refractivity contribution is 5.98. The number of nitriles is 1. The lowest BCUT2D eigenvalue weighted by molar-refractivity contribution is 0.248. The summed E-state index contributed by atoms with van der Waals surface area (Å²) >= 11 is 0. The highest BCUT2D eigenvalue weighted by atomic mass is 16.2. The molecule has 1 aliphatic rings. The molecule has 3 aromatic heterocycles. The number of benzene rings is 3. The minimum atomic E-state index is -0.323. The number of nitrogens with one attached hydrogen (secondary N) is 2. The molecule has 11 nitrogen and oxygen atoms in total. The van der Waals surface area contributed by atoms with E-state index in [1.807, 2.05) is 104 Å². The molecule has 47 heavy (non-hydrogen) atoms. The number of nitrogens with zero attached hydrogens (tertiary/aromatic N) is 8. The van der Waals surface area contributed by atoms with Crippen LogP contribution in [0.5, 0.6) is 0 Å². The standard InChI is InChI=1S/C36H28N10O/c1-45-23-30(22-42-45)27-9-14-33(39-20-27)46(36(47)41-17-24-5-3-2-4-6-24)32-12-10-31(11-13-32)43-35-40-21-29(16-37)34(44-35)25-7-8-26-18-38-19-28(26)15-25/h2-15,19-23H,17-18H2,1H3,(H,41,47)(H,40,43,44). The second-order valence-electron chi connectivity index (χ2n) is 10.9. The summed E-state index contributed by atoms with van der Waals surface area (Å²) in [6, 6.07) is 28.6. The van der Waals surface area contributed by atoms with Crippen molar-refractivity contribution in [2.24, 2.45) is 12.0 Å². The van der Waals surface area contributed by atoms with Crippen molar-refractivity contribution in [2.75, 3.05) is 10.2 Å². The van der Waals surface area contributed by atoms with Crippen LogP contribution in [0.4, 0.5) is 27.9 Å². The minimum absolute atomic E-state index is 0.323. The maximum absolute atomic E-state index is 13.6. The summed E-state index contributed by atoms with van der Waals surface area (Å²) in [5, 5.41) is 20.2. The average molecular weight is 617 g/mol. The van der Waals surface area contributed by atoms with Crippen molar-refractivity contribution in [2.45, 2.75) is 13.1 Å². The van der Waals surface area contributed by atoms with E-state index in [2.05, 4.69) is 41.7 Å². The molecule has 1 aliphatic heterocycles. The van der Waals surface area contributed by atoms with Crippen LogP contribution in [0.15, 0.2) is 115 Å². The van der Waals surface area contributed by atoms with E-state index in [1.165, 1.54) is 11.1 Å². The molecule has 2 amide bonds. The number of rotatable bonds is 8. The lowest BCUT2D eigenvalue weighted by Gasteiger charge is -2.23. The number of anilines is 4. The molecule has 4 heterocycles. The third-order valence-corrected chi connectivity index (χ3v) is 7.71. The van der Waals surface area contributed by atoms with Gasteiger partial charge in [-0.15, -0.1) is 0 Å². The highest BCUT2D eigenvalue weighted by Gasteiger charge is 2.20. The number of pyridine rings is 1. The highest BCUT2D eigenvalue weighted by Crippen LogP contribution is 2.30. The van der Waals surface area contributed by atoms with Crippen molar-refractivity contribution < 1.29 is 4.79 Å². The van der Waals surface area contributed by atoms with Crippen LogP contribution in [0.1, 0.15) is 22.3 Å². The first-order valence-corrected chi connectivity index (χ1v) is 14.9. The Bertz CT molecular complexity index is 2130. The number of hydrogen-bond acceptors (Lipinski definition) is 8. The molecule has 11 heteroatoms. The van der Waals surface area contributed by atoms with Crippen LogP contribution in [0.3, 0.4) is 0 Å². The van der Waals surface area contributed by atoms with E-state index in [1.54, 1.807) is 17.1 Å². The van der Waals surface area contributed by atoms with E-state index in [4.69, 9.17) is 0 Å². The Morgan fingerprint density at radius 1 is 0.936 bits per heavy atom. The molecule has 6 aromatic rings. The summed E-state index contributed by atoms with van der Waals surface area (Å²) in [6.07, 6.45) is 8.76. The predicted octanol–water partition coefficient (Wildman–Crippen LogP) is 6.53. The molecule has 7 rings (SSSR count). The molecule has 0 fully saturated rings. The molecule has 0 bridgehead atoms. The van der Waals surface area contributed by atoms with E-state index in [-0.39, 0.29) is 6.03 Å². The summed E-state index contributed by atoms with van der Waals surface area (Å²) < 4.78 is 1.73. The molecule has 228 valence electrons. The fraction of sp³-hybridized carbons (Fsp3) is 0.0833. The van der Waals surface area contributed by atoms with Crippen molar-refractivity contribution >= 4 is 35.4 Å². The van der Waals surface area contributed by atoms with Crippen LogP contribution in [0, 0.1) is 11.3 Å². The van der Waals surface area contributed by atoms with Gasteiger partial charge < -0.3 is 10.6 Å². The van der Waals surface area contributed by atoms with Crippen LogP contribution in [-0.4, -0.2) is 37.0 Å². The molecule has 0 unspecified atom stereocenters. The Morgan fingerprint density at radius 3 is 2.51 bits per heavy atom. The van der Waals surface area contributed by atoms with E-state index >= 15 is 0 Å². The van der Waals surface area contributed by atoms with Crippen molar-refractivity contribution in [3.63, 3.8) is 0 Å². The number of aryl methyl sites for hydroxylation is 1. The normalized spacial score (nSPS) is 11.5. The second-order valence-corrected chi connectivity index (χ2v) is 10.9. The largest absolute Gasteiger partial charge is 0.333 e. The Hall–Kier alpha value is -6.67. The maximum atomic E-state index is 13.6. The van der Waals surface area contributed by atoms with Gasteiger partial charge in [0, 0.05) is 54.6 Å². The molecular weight excluding hydrogens is 588 g/mol. The summed E-state index contributed by atoms with van der Waals surface area (Å²) in [5.74, 6) is 0.800. The molecule has 0 atom stereocenters. The van der Waals surface area contributed by atoms with E-state index in [0.29, 0.717) is 47.5 Å². The van der Waals surface area contributed by atoms with Gasteiger partial charge in [0.05, 0.1) is 35.9 Å². The lowest BCUT2D eigenvalue weighted by atomic mass is 10.0. The van der Waals surface area contributed by atoms with Gasteiger partial charge in [-0.1, -0.05) is 42.5 Å². The SMILES string of the molecule is Cn1cc(-c2ccc(N(C(=O)NCc3ccccc3)c3ccc(Nc4ncc(C#N)c(-c5ccc6c(c5)C=NC6)n4)cc3)nc2)cn1. The van der Waals surface area contributed by atoms with E-state index in [0.717, 1.165) is 33.4 Å².